The number of carbonyl (C=O) groups excluding carboxylic acids is 1. The molecule has 12 unspecified atom stereocenters. The zero-order chi connectivity index (χ0) is 36.9. The number of allylic oxidation sites excluding steroid dienone is 3. The number of hydrogen-bond donors (Lipinski definition) is 9. The molecule has 0 aromatic carbocycles. The topological polar surface area (TPSA) is 228 Å². The van der Waals surface area contributed by atoms with E-state index in [1.54, 1.807) is 6.08 Å². The molecule has 1 amide bonds. The van der Waals surface area contributed by atoms with Crippen LogP contribution in [-0.2, 0) is 23.7 Å². The number of aliphatic hydroxyl groups excluding tert-OH is 8. The average molecular weight is 720 g/mol. The lowest BCUT2D eigenvalue weighted by molar-refractivity contribution is -0.359. The highest BCUT2D eigenvalue weighted by Crippen LogP contribution is 2.29. The predicted octanol–water partition coefficient (Wildman–Crippen LogP) is 1.09. The molecule has 0 spiro atoms. The second-order valence-electron chi connectivity index (χ2n) is 13.3. The second kappa shape index (κ2) is 25.4. The van der Waals surface area contributed by atoms with E-state index >= 15 is 0 Å². The largest absolute Gasteiger partial charge is 0.394 e. The van der Waals surface area contributed by atoms with Crippen molar-refractivity contribution in [3.63, 3.8) is 0 Å². The van der Waals surface area contributed by atoms with Crippen LogP contribution in [0.1, 0.15) is 104 Å². The lowest BCUT2D eigenvalue weighted by Crippen LogP contribution is -2.65. The van der Waals surface area contributed by atoms with Crippen molar-refractivity contribution in [1.29, 1.82) is 0 Å². The van der Waals surface area contributed by atoms with Gasteiger partial charge in [0.15, 0.2) is 12.6 Å². The quantitative estimate of drug-likeness (QED) is 0.0476. The van der Waals surface area contributed by atoms with E-state index in [-0.39, 0.29) is 18.9 Å². The Balaban J connectivity index is 1.91. The van der Waals surface area contributed by atoms with Crippen molar-refractivity contribution in [3.05, 3.63) is 24.3 Å². The molecule has 9 N–H and O–H groups in total. The van der Waals surface area contributed by atoms with Gasteiger partial charge in [0.1, 0.15) is 48.8 Å². The zero-order valence-electron chi connectivity index (χ0n) is 29.9. The molecule has 0 aromatic rings. The number of hydrogen-bond acceptors (Lipinski definition) is 13. The molecule has 2 aliphatic heterocycles. The van der Waals surface area contributed by atoms with Crippen LogP contribution in [0.25, 0.3) is 0 Å². The molecule has 50 heavy (non-hydrogen) atoms. The maximum atomic E-state index is 12.6. The maximum absolute atomic E-state index is 12.6. The van der Waals surface area contributed by atoms with Gasteiger partial charge in [-0.15, -0.1) is 0 Å². The number of nitrogens with one attached hydrogen (secondary N) is 1. The summed E-state index contributed by atoms with van der Waals surface area (Å²) in [5.41, 5.74) is 0. The minimum Gasteiger partial charge on any atom is -0.394 e. The van der Waals surface area contributed by atoms with Gasteiger partial charge in [0.25, 0.3) is 0 Å². The van der Waals surface area contributed by atoms with Crippen LogP contribution < -0.4 is 5.32 Å². The summed E-state index contributed by atoms with van der Waals surface area (Å²) in [5.74, 6) is -0.289. The third kappa shape index (κ3) is 15.2. The van der Waals surface area contributed by atoms with Crippen LogP contribution in [0.5, 0.6) is 0 Å². The molecule has 0 saturated carbocycles. The van der Waals surface area contributed by atoms with Crippen LogP contribution in [0.15, 0.2) is 24.3 Å². The number of amides is 1. The fraction of sp³-hybridized carbons (Fsp3) is 0.861. The third-order valence-corrected chi connectivity index (χ3v) is 9.14. The standard InChI is InChI=1S/C36H65NO13/c1-3-5-7-8-9-10-11-12-13-14-15-16-17-18-19-25(40)24(37-28(41)20-6-4-2)23-47-35-33(46)31(44)34(27(22-39)49-35)50-36-32(45)30(43)29(42)26(21-38)48-36/h14-15,18-19,24-27,29-36,38-40,42-46H,3-13,16-17,20-23H2,1-2H3,(H,37,41)/b15-14+,19-18+. The summed E-state index contributed by atoms with van der Waals surface area (Å²) in [6.07, 6.45) is 5.23. The normalized spacial score (nSPS) is 31.7. The molecule has 12 atom stereocenters. The Bertz CT molecular complexity index is 951. The smallest absolute Gasteiger partial charge is 0.220 e. The predicted molar refractivity (Wildman–Crippen MR) is 185 cm³/mol. The maximum Gasteiger partial charge on any atom is 0.220 e. The van der Waals surface area contributed by atoms with Gasteiger partial charge < -0.3 is 65.1 Å². The van der Waals surface area contributed by atoms with Gasteiger partial charge in [0.05, 0.1) is 32.0 Å². The van der Waals surface area contributed by atoms with Crippen molar-refractivity contribution in [2.24, 2.45) is 0 Å². The Hall–Kier alpha value is -1.53. The zero-order valence-corrected chi connectivity index (χ0v) is 29.9. The van der Waals surface area contributed by atoms with Gasteiger partial charge in [-0.25, -0.2) is 0 Å². The van der Waals surface area contributed by atoms with Crippen LogP contribution in [0, 0.1) is 0 Å². The Labute approximate surface area is 297 Å². The Morgan fingerprint density at radius 1 is 0.700 bits per heavy atom. The highest BCUT2D eigenvalue weighted by Gasteiger charge is 2.50. The van der Waals surface area contributed by atoms with Gasteiger partial charge in [-0.05, 0) is 32.1 Å². The van der Waals surface area contributed by atoms with E-state index in [1.165, 1.54) is 51.4 Å². The van der Waals surface area contributed by atoms with E-state index in [1.807, 2.05) is 13.0 Å². The number of unbranched alkanes of at least 4 members (excludes halogenated alkanes) is 10. The first kappa shape index (κ1) is 44.6. The van der Waals surface area contributed by atoms with Crippen molar-refractivity contribution in [2.45, 2.75) is 177 Å². The van der Waals surface area contributed by atoms with Gasteiger partial charge in [0.2, 0.25) is 5.91 Å². The first-order chi connectivity index (χ1) is 24.1. The summed E-state index contributed by atoms with van der Waals surface area (Å²) in [5, 5.41) is 85.3. The summed E-state index contributed by atoms with van der Waals surface area (Å²) >= 11 is 0. The van der Waals surface area contributed by atoms with Gasteiger partial charge in [0, 0.05) is 6.42 Å². The fourth-order valence-corrected chi connectivity index (χ4v) is 5.93. The molecule has 0 aromatic heterocycles. The van der Waals surface area contributed by atoms with Crippen LogP contribution in [-0.4, -0.2) is 140 Å². The molecule has 14 heteroatoms. The molecule has 2 aliphatic rings. The lowest BCUT2D eigenvalue weighted by atomic mass is 9.97. The summed E-state index contributed by atoms with van der Waals surface area (Å²) in [6.45, 7) is 2.44. The highest BCUT2D eigenvalue weighted by atomic mass is 16.7. The molecule has 0 radical (unpaired) electrons. The van der Waals surface area contributed by atoms with E-state index in [0.29, 0.717) is 12.8 Å². The molecule has 2 saturated heterocycles. The van der Waals surface area contributed by atoms with E-state index in [0.717, 1.165) is 19.3 Å². The first-order valence-corrected chi connectivity index (χ1v) is 18.6. The monoisotopic (exact) mass is 719 g/mol. The average Bonchev–Trinajstić information content (AvgIpc) is 3.11. The molecule has 2 fully saturated rings. The summed E-state index contributed by atoms with van der Waals surface area (Å²) in [6, 6.07) is -0.920. The number of ether oxygens (including phenoxy) is 4. The van der Waals surface area contributed by atoms with Gasteiger partial charge >= 0.3 is 0 Å². The van der Waals surface area contributed by atoms with Crippen molar-refractivity contribution in [2.75, 3.05) is 19.8 Å². The minimum absolute atomic E-state index is 0.248. The van der Waals surface area contributed by atoms with Gasteiger partial charge in [-0.3, -0.25) is 4.79 Å². The van der Waals surface area contributed by atoms with Crippen molar-refractivity contribution in [1.82, 2.24) is 5.32 Å². The number of rotatable bonds is 25. The minimum atomic E-state index is -1.78. The second-order valence-corrected chi connectivity index (χ2v) is 13.3. The Kier molecular flexibility index (Phi) is 22.7. The highest BCUT2D eigenvalue weighted by molar-refractivity contribution is 5.76. The Morgan fingerprint density at radius 2 is 1.28 bits per heavy atom. The first-order valence-electron chi connectivity index (χ1n) is 18.6. The van der Waals surface area contributed by atoms with Crippen LogP contribution in [0.4, 0.5) is 0 Å². The van der Waals surface area contributed by atoms with E-state index in [9.17, 15) is 45.6 Å². The lowest BCUT2D eigenvalue weighted by Gasteiger charge is -2.46. The van der Waals surface area contributed by atoms with E-state index < -0.39 is 86.8 Å². The molecular weight excluding hydrogens is 654 g/mol. The molecule has 292 valence electrons. The SMILES string of the molecule is CCCCCCCCCC/C=C/CC/C=C/C(O)C(COC1OC(CO)C(OC2OC(CO)C(O)C(O)C2O)C(O)C1O)NC(=O)CCCC. The summed E-state index contributed by atoms with van der Waals surface area (Å²) < 4.78 is 22.3. The van der Waals surface area contributed by atoms with Gasteiger partial charge in [-0.1, -0.05) is 89.5 Å². The van der Waals surface area contributed by atoms with Crippen molar-refractivity contribution in [3.8, 4) is 0 Å². The molecule has 0 bridgehead atoms. The fourth-order valence-electron chi connectivity index (χ4n) is 5.93. The van der Waals surface area contributed by atoms with E-state index in [2.05, 4.69) is 24.4 Å². The molecule has 14 nitrogen and oxygen atoms in total. The number of aliphatic hydroxyl groups is 8. The number of carbonyl (C=O) groups is 1. The van der Waals surface area contributed by atoms with Crippen LogP contribution in [0.3, 0.4) is 0 Å². The molecule has 2 heterocycles. The van der Waals surface area contributed by atoms with Gasteiger partial charge in [-0.2, -0.15) is 0 Å². The molecular formula is C36H65NO13. The van der Waals surface area contributed by atoms with Crippen LogP contribution in [0.2, 0.25) is 0 Å². The summed E-state index contributed by atoms with van der Waals surface area (Å²) in [4.78, 5) is 12.6. The Morgan fingerprint density at radius 3 is 1.94 bits per heavy atom. The summed E-state index contributed by atoms with van der Waals surface area (Å²) in [7, 11) is 0. The third-order valence-electron chi connectivity index (χ3n) is 9.14. The van der Waals surface area contributed by atoms with Crippen molar-refractivity contribution >= 4 is 5.91 Å². The van der Waals surface area contributed by atoms with Crippen molar-refractivity contribution < 1.29 is 64.6 Å². The van der Waals surface area contributed by atoms with Crippen LogP contribution >= 0.6 is 0 Å². The van der Waals surface area contributed by atoms with E-state index in [4.69, 9.17) is 18.9 Å². The molecule has 2 rings (SSSR count). The molecule has 0 aliphatic carbocycles.